The number of hydrogen-bond donors (Lipinski definition) is 1. The van der Waals surface area contributed by atoms with Crippen LogP contribution in [0.1, 0.15) is 20.3 Å². The largest absolute Gasteiger partial charge is 0.468 e. The average Bonchev–Trinajstić information content (AvgIpc) is 2.78. The molecule has 0 aliphatic carbocycles. The minimum absolute atomic E-state index is 0.0295. The van der Waals surface area contributed by atoms with Crippen molar-refractivity contribution >= 4 is 27.6 Å². The minimum atomic E-state index is -0.526. The fourth-order valence-corrected chi connectivity index (χ4v) is 2.56. The molecule has 0 aromatic carbocycles. The third-order valence-electron chi connectivity index (χ3n) is 3.80. The number of halogens is 1. The van der Waals surface area contributed by atoms with E-state index >= 15 is 0 Å². The Bertz CT molecular complexity index is 604. The first-order valence-corrected chi connectivity index (χ1v) is 7.39. The molecule has 0 spiro atoms. The van der Waals surface area contributed by atoms with Crippen LogP contribution in [0.3, 0.4) is 0 Å². The van der Waals surface area contributed by atoms with Crippen molar-refractivity contribution in [3.63, 3.8) is 0 Å². The van der Waals surface area contributed by atoms with Crippen LogP contribution in [0.15, 0.2) is 15.5 Å². The maximum Gasteiger partial charge on any atom is 0.327 e. The average molecular weight is 360 g/mol. The predicted octanol–water partition coefficient (Wildman–Crippen LogP) is 1.16. The number of nitrogens with one attached hydrogen (secondary N) is 1. The van der Waals surface area contributed by atoms with Gasteiger partial charge in [-0.3, -0.25) is 9.59 Å². The Morgan fingerprint density at radius 2 is 2.43 bits per heavy atom. The van der Waals surface area contributed by atoms with E-state index in [-0.39, 0.29) is 23.7 Å². The van der Waals surface area contributed by atoms with E-state index in [1.165, 1.54) is 13.3 Å². The Labute approximate surface area is 130 Å². The number of carbonyl (C=O) groups is 1. The summed E-state index contributed by atoms with van der Waals surface area (Å²) in [5.41, 5.74) is -0.0629. The van der Waals surface area contributed by atoms with E-state index in [1.54, 1.807) is 0 Å². The van der Waals surface area contributed by atoms with Crippen LogP contribution in [0, 0.1) is 0 Å². The summed E-state index contributed by atoms with van der Waals surface area (Å²) in [6.07, 6.45) is 2.39. The zero-order valence-corrected chi connectivity index (χ0v) is 13.8. The third kappa shape index (κ3) is 3.26. The molecule has 1 aromatic rings. The maximum absolute atomic E-state index is 12.2. The molecule has 21 heavy (non-hydrogen) atoms. The highest BCUT2D eigenvalue weighted by atomic mass is 79.9. The van der Waals surface area contributed by atoms with Gasteiger partial charge in [0.2, 0.25) is 0 Å². The fourth-order valence-electron chi connectivity index (χ4n) is 2.16. The number of nitrogens with zero attached hydrogens (tertiary/aromatic N) is 2. The Kier molecular flexibility index (Phi) is 4.67. The summed E-state index contributed by atoms with van der Waals surface area (Å²) in [6, 6.07) is 0. The summed E-state index contributed by atoms with van der Waals surface area (Å²) in [5.74, 6) is -0.526. The van der Waals surface area contributed by atoms with Gasteiger partial charge >= 0.3 is 5.97 Å². The Balaban J connectivity index is 2.25. The summed E-state index contributed by atoms with van der Waals surface area (Å²) >= 11 is 3.27. The van der Waals surface area contributed by atoms with Crippen molar-refractivity contribution in [3.05, 3.63) is 21.0 Å². The highest BCUT2D eigenvalue weighted by molar-refractivity contribution is 9.10. The van der Waals surface area contributed by atoms with Crippen molar-refractivity contribution in [2.24, 2.45) is 0 Å². The highest BCUT2D eigenvalue weighted by Crippen LogP contribution is 2.31. The van der Waals surface area contributed by atoms with E-state index in [0.717, 1.165) is 11.1 Å². The predicted molar refractivity (Wildman–Crippen MR) is 80.3 cm³/mol. The van der Waals surface area contributed by atoms with Crippen molar-refractivity contribution in [1.29, 1.82) is 0 Å². The maximum atomic E-state index is 12.2. The lowest BCUT2D eigenvalue weighted by Gasteiger charge is -2.30. The van der Waals surface area contributed by atoms with Gasteiger partial charge < -0.3 is 14.8 Å². The van der Waals surface area contributed by atoms with E-state index < -0.39 is 5.97 Å². The molecule has 116 valence electrons. The van der Waals surface area contributed by atoms with Crippen molar-refractivity contribution in [3.8, 4) is 0 Å². The van der Waals surface area contributed by atoms with Gasteiger partial charge in [-0.1, -0.05) is 0 Å². The molecular weight excluding hydrogens is 342 g/mol. The van der Waals surface area contributed by atoms with Crippen molar-refractivity contribution < 1.29 is 14.3 Å². The summed E-state index contributed by atoms with van der Waals surface area (Å²) in [7, 11) is 1.26. The zero-order valence-electron chi connectivity index (χ0n) is 12.2. The van der Waals surface area contributed by atoms with E-state index in [2.05, 4.69) is 31.1 Å². The lowest BCUT2D eigenvalue weighted by atomic mass is 9.94. The molecule has 7 nitrogen and oxygen atoms in total. The molecule has 2 rings (SSSR count). The molecule has 2 atom stereocenters. The molecule has 1 N–H and O–H groups in total. The van der Waals surface area contributed by atoms with Gasteiger partial charge in [-0.25, -0.2) is 4.68 Å². The van der Waals surface area contributed by atoms with E-state index in [4.69, 9.17) is 4.74 Å². The van der Waals surface area contributed by atoms with Crippen LogP contribution in [-0.2, 0) is 20.8 Å². The highest BCUT2D eigenvalue weighted by Gasteiger charge is 2.37. The first-order chi connectivity index (χ1) is 9.87. The number of aromatic nitrogens is 2. The zero-order chi connectivity index (χ0) is 15.6. The van der Waals surface area contributed by atoms with Crippen LogP contribution in [0.4, 0.5) is 5.69 Å². The van der Waals surface area contributed by atoms with Crippen LogP contribution in [0.2, 0.25) is 0 Å². The van der Waals surface area contributed by atoms with Gasteiger partial charge in [-0.05, 0) is 36.2 Å². The topological polar surface area (TPSA) is 82.5 Å². The second kappa shape index (κ2) is 6.15. The monoisotopic (exact) mass is 359 g/mol. The van der Waals surface area contributed by atoms with E-state index in [0.29, 0.717) is 16.8 Å². The Morgan fingerprint density at radius 3 is 3.00 bits per heavy atom. The third-order valence-corrected chi connectivity index (χ3v) is 4.56. The smallest absolute Gasteiger partial charge is 0.327 e. The molecule has 8 heteroatoms. The number of esters is 1. The number of rotatable bonds is 4. The standard InChI is InChI=1S/C13H18BrN3O4/c1-8-13(2,4-5-21-8)16-9-6-15-17(7-10(18)20-3)12(19)11(9)14/h6,8,16H,4-5,7H2,1-3H3. The number of methoxy groups -OCH3 is 1. The van der Waals surface area contributed by atoms with Gasteiger partial charge in [0.15, 0.2) is 0 Å². The quantitative estimate of drug-likeness (QED) is 0.812. The Morgan fingerprint density at radius 1 is 1.71 bits per heavy atom. The van der Waals surface area contributed by atoms with Crippen molar-refractivity contribution in [2.45, 2.75) is 38.5 Å². The molecule has 1 aliphatic rings. The first-order valence-electron chi connectivity index (χ1n) is 6.59. The molecule has 1 aromatic heterocycles. The summed E-state index contributed by atoms with van der Waals surface area (Å²) in [5, 5.41) is 7.30. The Hall–Kier alpha value is -1.41. The van der Waals surface area contributed by atoms with Gasteiger partial charge in [0.05, 0.1) is 30.6 Å². The van der Waals surface area contributed by atoms with Crippen LogP contribution >= 0.6 is 15.9 Å². The fraction of sp³-hybridized carbons (Fsp3) is 0.615. The van der Waals surface area contributed by atoms with Gasteiger partial charge in [-0.2, -0.15) is 5.10 Å². The number of hydrogen-bond acceptors (Lipinski definition) is 6. The van der Waals surface area contributed by atoms with Crippen LogP contribution < -0.4 is 10.9 Å². The minimum Gasteiger partial charge on any atom is -0.468 e. The molecule has 2 heterocycles. The molecule has 0 radical (unpaired) electrons. The van der Waals surface area contributed by atoms with Crippen LogP contribution in [0.5, 0.6) is 0 Å². The van der Waals surface area contributed by atoms with E-state index in [9.17, 15) is 9.59 Å². The summed E-state index contributed by atoms with van der Waals surface area (Å²) < 4.78 is 11.5. The molecular formula is C13H18BrN3O4. The lowest BCUT2D eigenvalue weighted by molar-refractivity contribution is -0.141. The SMILES string of the molecule is COC(=O)Cn1ncc(NC2(C)CCOC2C)c(Br)c1=O. The molecule has 0 bridgehead atoms. The molecule has 1 fully saturated rings. The molecule has 1 saturated heterocycles. The first kappa shape index (κ1) is 16.0. The van der Waals surface area contributed by atoms with E-state index in [1.807, 2.05) is 13.8 Å². The van der Waals surface area contributed by atoms with Gasteiger partial charge in [0, 0.05) is 6.61 Å². The van der Waals surface area contributed by atoms with Crippen molar-refractivity contribution in [2.75, 3.05) is 19.0 Å². The molecule has 0 amide bonds. The van der Waals surface area contributed by atoms with Gasteiger partial charge in [-0.15, -0.1) is 0 Å². The normalized spacial score (nSPS) is 24.9. The van der Waals surface area contributed by atoms with Crippen LogP contribution in [0.25, 0.3) is 0 Å². The number of anilines is 1. The second-order valence-corrected chi connectivity index (χ2v) is 6.01. The molecule has 1 aliphatic heterocycles. The lowest BCUT2D eigenvalue weighted by Crippen LogP contribution is -2.42. The second-order valence-electron chi connectivity index (χ2n) is 5.22. The van der Waals surface area contributed by atoms with Gasteiger partial charge in [0.25, 0.3) is 5.56 Å². The summed E-state index contributed by atoms with van der Waals surface area (Å²) in [4.78, 5) is 23.4. The number of carbonyl (C=O) groups excluding carboxylic acids is 1. The number of ether oxygens (including phenoxy) is 2. The van der Waals surface area contributed by atoms with Crippen LogP contribution in [-0.4, -0.2) is 41.1 Å². The summed E-state index contributed by atoms with van der Waals surface area (Å²) in [6.45, 7) is 4.48. The van der Waals surface area contributed by atoms with Gasteiger partial charge in [0.1, 0.15) is 11.0 Å². The molecule has 0 saturated carbocycles. The van der Waals surface area contributed by atoms with Crippen molar-refractivity contribution in [1.82, 2.24) is 9.78 Å². The molecule has 2 unspecified atom stereocenters.